The number of hydrogen-bond donors (Lipinski definition) is 0. The number of hydrogen-bond acceptors (Lipinski definition) is 2. The van der Waals surface area contributed by atoms with Crippen molar-refractivity contribution in [2.45, 2.75) is 39.0 Å². The van der Waals surface area contributed by atoms with E-state index < -0.39 is 0 Å². The van der Waals surface area contributed by atoms with Crippen LogP contribution in [0.5, 0.6) is 0 Å². The predicted octanol–water partition coefficient (Wildman–Crippen LogP) is 3.22. The Balaban J connectivity index is 1.81. The molecule has 0 saturated heterocycles. The molecule has 1 fully saturated rings. The largest absolute Gasteiger partial charge is 0.299 e. The molecule has 0 amide bonds. The number of carbonyl (C=O) groups is 1. The molecule has 0 spiro atoms. The molecule has 14 heavy (non-hydrogen) atoms. The van der Waals surface area contributed by atoms with Crippen molar-refractivity contribution in [1.82, 2.24) is 0 Å². The van der Waals surface area contributed by atoms with Crippen LogP contribution in [0.4, 0.5) is 0 Å². The van der Waals surface area contributed by atoms with Gasteiger partial charge in [-0.3, -0.25) is 4.79 Å². The first kappa shape index (κ1) is 9.91. The standard InChI is InChI=1S/C12H16OS/c1-2-10-5-6-11(14-10)7-8-12(13)9-3-4-9/h5-6,9H,2-4,7-8H2,1H3. The number of rotatable bonds is 5. The molecule has 0 N–H and O–H groups in total. The first-order valence-corrected chi connectivity index (χ1v) is 6.21. The van der Waals surface area contributed by atoms with E-state index in [2.05, 4.69) is 19.1 Å². The van der Waals surface area contributed by atoms with Gasteiger partial charge in [0.05, 0.1) is 0 Å². The molecule has 1 heterocycles. The molecule has 76 valence electrons. The summed E-state index contributed by atoms with van der Waals surface area (Å²) in [5.74, 6) is 0.914. The summed E-state index contributed by atoms with van der Waals surface area (Å²) in [4.78, 5) is 14.3. The summed E-state index contributed by atoms with van der Waals surface area (Å²) in [5, 5.41) is 0. The zero-order chi connectivity index (χ0) is 9.97. The van der Waals surface area contributed by atoms with Gasteiger partial charge < -0.3 is 0 Å². The third kappa shape index (κ3) is 2.44. The Morgan fingerprint density at radius 1 is 1.43 bits per heavy atom. The third-order valence-electron chi connectivity index (χ3n) is 2.72. The molecular weight excluding hydrogens is 192 g/mol. The SMILES string of the molecule is CCc1ccc(CCC(=O)C2CC2)s1. The summed E-state index contributed by atoms with van der Waals surface area (Å²) in [6.07, 6.45) is 5.11. The lowest BCUT2D eigenvalue weighted by atomic mass is 10.1. The molecule has 1 aliphatic rings. The predicted molar refractivity (Wildman–Crippen MR) is 59.7 cm³/mol. The second-order valence-corrected chi connectivity index (χ2v) is 5.22. The number of thiophene rings is 1. The average Bonchev–Trinajstić information content (AvgIpc) is 2.94. The highest BCUT2D eigenvalue weighted by Gasteiger charge is 2.28. The van der Waals surface area contributed by atoms with Crippen LogP contribution >= 0.6 is 11.3 Å². The maximum atomic E-state index is 11.5. The molecule has 2 rings (SSSR count). The average molecular weight is 208 g/mol. The van der Waals surface area contributed by atoms with Crippen LogP contribution in [0.25, 0.3) is 0 Å². The van der Waals surface area contributed by atoms with Crippen molar-refractivity contribution in [3.05, 3.63) is 21.9 Å². The van der Waals surface area contributed by atoms with Crippen LogP contribution in [-0.2, 0) is 17.6 Å². The van der Waals surface area contributed by atoms with Crippen LogP contribution in [0.1, 0.15) is 35.9 Å². The van der Waals surface area contributed by atoms with E-state index in [1.807, 2.05) is 11.3 Å². The zero-order valence-corrected chi connectivity index (χ0v) is 9.40. The van der Waals surface area contributed by atoms with Gasteiger partial charge in [0.15, 0.2) is 0 Å². The third-order valence-corrected chi connectivity index (χ3v) is 4.01. The fourth-order valence-electron chi connectivity index (χ4n) is 1.60. The Morgan fingerprint density at radius 3 is 2.71 bits per heavy atom. The summed E-state index contributed by atoms with van der Waals surface area (Å²) in [6, 6.07) is 4.35. The summed E-state index contributed by atoms with van der Waals surface area (Å²) >= 11 is 1.85. The van der Waals surface area contributed by atoms with Crippen molar-refractivity contribution in [3.8, 4) is 0 Å². The molecule has 0 unspecified atom stereocenters. The Morgan fingerprint density at radius 2 is 2.14 bits per heavy atom. The Hall–Kier alpha value is -0.630. The summed E-state index contributed by atoms with van der Waals surface area (Å²) < 4.78 is 0. The summed E-state index contributed by atoms with van der Waals surface area (Å²) in [6.45, 7) is 2.17. The summed E-state index contributed by atoms with van der Waals surface area (Å²) in [7, 11) is 0. The van der Waals surface area contributed by atoms with Gasteiger partial charge in [0.2, 0.25) is 0 Å². The van der Waals surface area contributed by atoms with Crippen molar-refractivity contribution in [2.24, 2.45) is 5.92 Å². The van der Waals surface area contributed by atoms with Gasteiger partial charge >= 0.3 is 0 Å². The van der Waals surface area contributed by atoms with Crippen LogP contribution in [0.2, 0.25) is 0 Å². The molecule has 1 aliphatic carbocycles. The molecule has 0 atom stereocenters. The van der Waals surface area contributed by atoms with Gasteiger partial charge in [-0.2, -0.15) is 0 Å². The molecule has 1 nitrogen and oxygen atoms in total. The molecule has 0 bridgehead atoms. The monoisotopic (exact) mass is 208 g/mol. The molecular formula is C12H16OS. The van der Waals surface area contributed by atoms with Crippen molar-refractivity contribution < 1.29 is 4.79 Å². The number of aryl methyl sites for hydroxylation is 2. The maximum absolute atomic E-state index is 11.5. The molecule has 2 heteroatoms. The second-order valence-electron chi connectivity index (χ2n) is 3.96. The highest BCUT2D eigenvalue weighted by Crippen LogP contribution is 2.31. The van der Waals surface area contributed by atoms with Crippen LogP contribution in [0, 0.1) is 5.92 Å². The van der Waals surface area contributed by atoms with E-state index in [-0.39, 0.29) is 0 Å². The number of ketones is 1. The van der Waals surface area contributed by atoms with E-state index in [0.29, 0.717) is 11.7 Å². The van der Waals surface area contributed by atoms with Crippen LogP contribution in [0.15, 0.2) is 12.1 Å². The molecule has 1 saturated carbocycles. The lowest BCUT2D eigenvalue weighted by molar-refractivity contribution is -0.120. The fourth-order valence-corrected chi connectivity index (χ4v) is 2.56. The van der Waals surface area contributed by atoms with Crippen LogP contribution in [-0.4, -0.2) is 5.78 Å². The molecule has 1 aromatic rings. The first-order chi connectivity index (χ1) is 6.79. The van der Waals surface area contributed by atoms with E-state index in [0.717, 1.165) is 32.1 Å². The topological polar surface area (TPSA) is 17.1 Å². The zero-order valence-electron chi connectivity index (χ0n) is 8.58. The minimum atomic E-state index is 0.431. The minimum Gasteiger partial charge on any atom is -0.299 e. The van der Waals surface area contributed by atoms with Crippen molar-refractivity contribution in [2.75, 3.05) is 0 Å². The minimum absolute atomic E-state index is 0.431. The van der Waals surface area contributed by atoms with Gasteiger partial charge in [-0.05, 0) is 37.8 Å². The molecule has 0 aliphatic heterocycles. The Kier molecular flexibility index (Phi) is 3.02. The smallest absolute Gasteiger partial charge is 0.136 e. The Bertz CT molecular complexity index is 323. The number of carbonyl (C=O) groups excluding carboxylic acids is 1. The van der Waals surface area contributed by atoms with Gasteiger partial charge in [-0.1, -0.05) is 6.92 Å². The normalized spacial score (nSPS) is 15.8. The van der Waals surface area contributed by atoms with Crippen molar-refractivity contribution >= 4 is 17.1 Å². The van der Waals surface area contributed by atoms with E-state index in [1.54, 1.807) is 0 Å². The van der Waals surface area contributed by atoms with Gasteiger partial charge in [-0.15, -0.1) is 11.3 Å². The quantitative estimate of drug-likeness (QED) is 0.726. The van der Waals surface area contributed by atoms with Crippen LogP contribution < -0.4 is 0 Å². The van der Waals surface area contributed by atoms with E-state index in [1.165, 1.54) is 9.75 Å². The Labute approximate surface area is 89.1 Å². The summed E-state index contributed by atoms with van der Waals surface area (Å²) in [5.41, 5.74) is 0. The lowest BCUT2D eigenvalue weighted by Crippen LogP contribution is -2.00. The van der Waals surface area contributed by atoms with Gasteiger partial charge in [-0.25, -0.2) is 0 Å². The maximum Gasteiger partial charge on any atom is 0.136 e. The highest BCUT2D eigenvalue weighted by molar-refractivity contribution is 7.11. The second kappa shape index (κ2) is 4.26. The van der Waals surface area contributed by atoms with E-state index >= 15 is 0 Å². The van der Waals surface area contributed by atoms with E-state index in [4.69, 9.17) is 0 Å². The van der Waals surface area contributed by atoms with Crippen LogP contribution in [0.3, 0.4) is 0 Å². The molecule has 0 aromatic carbocycles. The van der Waals surface area contributed by atoms with Gasteiger partial charge in [0, 0.05) is 22.1 Å². The molecule has 1 aromatic heterocycles. The van der Waals surface area contributed by atoms with Crippen molar-refractivity contribution in [1.29, 1.82) is 0 Å². The lowest BCUT2D eigenvalue weighted by Gasteiger charge is -1.95. The van der Waals surface area contributed by atoms with E-state index in [9.17, 15) is 4.79 Å². The highest BCUT2D eigenvalue weighted by atomic mass is 32.1. The van der Waals surface area contributed by atoms with Crippen molar-refractivity contribution in [3.63, 3.8) is 0 Å². The van der Waals surface area contributed by atoms with Gasteiger partial charge in [0.1, 0.15) is 5.78 Å². The van der Waals surface area contributed by atoms with Gasteiger partial charge in [0.25, 0.3) is 0 Å². The molecule has 0 radical (unpaired) electrons. The number of Topliss-reactive ketones (excluding diaryl/α,β-unsaturated/α-hetero) is 1. The fraction of sp³-hybridized carbons (Fsp3) is 0.583. The first-order valence-electron chi connectivity index (χ1n) is 5.40.